The Hall–Kier alpha value is -1.76. The second-order valence-electron chi connectivity index (χ2n) is 4.32. The highest BCUT2D eigenvalue weighted by Gasteiger charge is 2.35. The molecule has 2 heterocycles. The van der Waals surface area contributed by atoms with Gasteiger partial charge in [0.05, 0.1) is 17.4 Å². The van der Waals surface area contributed by atoms with Gasteiger partial charge in [0, 0.05) is 18.7 Å². The molecule has 108 valence electrons. The molecule has 0 saturated carbocycles. The first-order valence-electron chi connectivity index (χ1n) is 5.75. The molecule has 2 N–H and O–H groups in total. The van der Waals surface area contributed by atoms with Crippen LogP contribution >= 0.6 is 11.6 Å². The number of nitrogens with zero attached hydrogens (tertiary/aromatic N) is 2. The van der Waals surface area contributed by atoms with Gasteiger partial charge in [-0.3, -0.25) is 4.79 Å². The molecule has 2 rings (SSSR count). The summed E-state index contributed by atoms with van der Waals surface area (Å²) < 4.78 is 37.5. The Morgan fingerprint density at radius 2 is 2.15 bits per heavy atom. The molecule has 1 aromatic rings. The standard InChI is InChI=1S/C12H11ClF3N3O/c13-10-5-8(9(17)6-18-10)11(20)19-3-1-7(2-4-19)12(14,15)16/h1,5-6H,2-4,17H2. The number of alkyl halides is 3. The normalized spacial score (nSPS) is 16.0. The summed E-state index contributed by atoms with van der Waals surface area (Å²) in [4.78, 5) is 17.2. The summed E-state index contributed by atoms with van der Waals surface area (Å²) in [6, 6.07) is 1.31. The number of rotatable bonds is 1. The van der Waals surface area contributed by atoms with Gasteiger partial charge in [-0.2, -0.15) is 13.2 Å². The van der Waals surface area contributed by atoms with Crippen molar-refractivity contribution >= 4 is 23.2 Å². The van der Waals surface area contributed by atoms with Crippen molar-refractivity contribution in [2.45, 2.75) is 12.6 Å². The molecule has 0 atom stereocenters. The molecule has 1 amide bonds. The average molecular weight is 306 g/mol. The van der Waals surface area contributed by atoms with Gasteiger partial charge in [-0.1, -0.05) is 17.7 Å². The van der Waals surface area contributed by atoms with Crippen LogP contribution in [0.1, 0.15) is 16.8 Å². The van der Waals surface area contributed by atoms with Crippen LogP contribution in [0.2, 0.25) is 5.15 Å². The van der Waals surface area contributed by atoms with Crippen molar-refractivity contribution in [3.05, 3.63) is 34.6 Å². The van der Waals surface area contributed by atoms with Crippen LogP contribution in [-0.4, -0.2) is 35.1 Å². The quantitative estimate of drug-likeness (QED) is 0.641. The van der Waals surface area contributed by atoms with E-state index in [1.54, 1.807) is 0 Å². The minimum Gasteiger partial charge on any atom is -0.397 e. The summed E-state index contributed by atoms with van der Waals surface area (Å²) in [6.45, 7) is -0.114. The molecule has 0 saturated heterocycles. The second-order valence-corrected chi connectivity index (χ2v) is 4.71. The molecule has 0 fully saturated rings. The van der Waals surface area contributed by atoms with Gasteiger partial charge in [-0.05, 0) is 12.5 Å². The molecule has 0 radical (unpaired) electrons. The Bertz CT molecular complexity index is 572. The number of carbonyl (C=O) groups is 1. The van der Waals surface area contributed by atoms with Gasteiger partial charge >= 0.3 is 6.18 Å². The fraction of sp³-hybridized carbons (Fsp3) is 0.333. The Balaban J connectivity index is 2.17. The van der Waals surface area contributed by atoms with Crippen LogP contribution in [0, 0.1) is 0 Å². The second kappa shape index (κ2) is 5.32. The number of pyridine rings is 1. The van der Waals surface area contributed by atoms with Gasteiger partial charge in [0.1, 0.15) is 5.15 Å². The number of hydrogen-bond donors (Lipinski definition) is 1. The first-order chi connectivity index (χ1) is 9.29. The number of aromatic nitrogens is 1. The Labute approximate surface area is 118 Å². The van der Waals surface area contributed by atoms with Gasteiger partial charge in [-0.25, -0.2) is 4.98 Å². The smallest absolute Gasteiger partial charge is 0.397 e. The zero-order chi connectivity index (χ0) is 14.9. The predicted molar refractivity (Wildman–Crippen MR) is 68.3 cm³/mol. The Morgan fingerprint density at radius 1 is 1.45 bits per heavy atom. The lowest BCUT2D eigenvalue weighted by Crippen LogP contribution is -2.37. The van der Waals surface area contributed by atoms with E-state index in [1.165, 1.54) is 17.2 Å². The summed E-state index contributed by atoms with van der Waals surface area (Å²) in [5.74, 6) is -0.454. The molecular weight excluding hydrogens is 295 g/mol. The van der Waals surface area contributed by atoms with E-state index in [2.05, 4.69) is 4.98 Å². The maximum atomic E-state index is 12.5. The summed E-state index contributed by atoms with van der Waals surface area (Å²) in [5, 5.41) is 0.103. The molecule has 1 aromatic heterocycles. The molecule has 8 heteroatoms. The lowest BCUT2D eigenvalue weighted by atomic mass is 10.1. The van der Waals surface area contributed by atoms with Crippen molar-refractivity contribution in [3.63, 3.8) is 0 Å². The summed E-state index contributed by atoms with van der Waals surface area (Å²) in [6.07, 6.45) is -2.31. The van der Waals surface area contributed by atoms with Crippen molar-refractivity contribution in [3.8, 4) is 0 Å². The molecule has 0 aromatic carbocycles. The predicted octanol–water partition coefficient (Wildman–Crippen LogP) is 2.65. The molecule has 0 aliphatic carbocycles. The van der Waals surface area contributed by atoms with E-state index in [0.29, 0.717) is 0 Å². The van der Waals surface area contributed by atoms with Crippen molar-refractivity contribution in [2.24, 2.45) is 0 Å². The number of nitrogens with two attached hydrogens (primary N) is 1. The molecule has 20 heavy (non-hydrogen) atoms. The van der Waals surface area contributed by atoms with Crippen LogP contribution < -0.4 is 5.73 Å². The zero-order valence-corrected chi connectivity index (χ0v) is 11.0. The van der Waals surface area contributed by atoms with E-state index in [4.69, 9.17) is 17.3 Å². The van der Waals surface area contributed by atoms with Crippen molar-refractivity contribution in [1.82, 2.24) is 9.88 Å². The lowest BCUT2D eigenvalue weighted by molar-refractivity contribution is -0.0957. The van der Waals surface area contributed by atoms with Crippen LogP contribution in [0.4, 0.5) is 18.9 Å². The van der Waals surface area contributed by atoms with Crippen LogP contribution in [-0.2, 0) is 0 Å². The highest BCUT2D eigenvalue weighted by molar-refractivity contribution is 6.29. The van der Waals surface area contributed by atoms with Gasteiger partial charge < -0.3 is 10.6 Å². The zero-order valence-electron chi connectivity index (χ0n) is 10.2. The van der Waals surface area contributed by atoms with Crippen molar-refractivity contribution in [1.29, 1.82) is 0 Å². The number of carbonyl (C=O) groups excluding carboxylic acids is 1. The summed E-state index contributed by atoms with van der Waals surface area (Å²) >= 11 is 5.68. The Morgan fingerprint density at radius 3 is 2.70 bits per heavy atom. The third-order valence-corrected chi connectivity index (χ3v) is 3.20. The Kier molecular flexibility index (Phi) is 3.89. The van der Waals surface area contributed by atoms with E-state index < -0.39 is 17.7 Å². The minimum atomic E-state index is -4.34. The SMILES string of the molecule is Nc1cnc(Cl)cc1C(=O)N1CC=C(C(F)(F)F)CC1. The van der Waals surface area contributed by atoms with Gasteiger partial charge in [0.15, 0.2) is 0 Å². The largest absolute Gasteiger partial charge is 0.412 e. The number of anilines is 1. The molecule has 0 spiro atoms. The molecule has 1 aliphatic heterocycles. The molecular formula is C12H11ClF3N3O. The van der Waals surface area contributed by atoms with E-state index in [9.17, 15) is 18.0 Å². The van der Waals surface area contributed by atoms with E-state index in [-0.39, 0.29) is 35.9 Å². The van der Waals surface area contributed by atoms with Crippen LogP contribution in [0.5, 0.6) is 0 Å². The molecule has 0 unspecified atom stereocenters. The van der Waals surface area contributed by atoms with Crippen molar-refractivity contribution < 1.29 is 18.0 Å². The number of halogens is 4. The fourth-order valence-electron chi connectivity index (χ4n) is 1.91. The van der Waals surface area contributed by atoms with Crippen LogP contribution in [0.3, 0.4) is 0 Å². The maximum Gasteiger partial charge on any atom is 0.412 e. The van der Waals surface area contributed by atoms with Gasteiger partial charge in [0.25, 0.3) is 5.91 Å². The summed E-state index contributed by atoms with van der Waals surface area (Å²) in [7, 11) is 0. The minimum absolute atomic E-state index is 0.0104. The van der Waals surface area contributed by atoms with Gasteiger partial charge in [0.2, 0.25) is 0 Å². The van der Waals surface area contributed by atoms with Crippen LogP contribution in [0.25, 0.3) is 0 Å². The van der Waals surface area contributed by atoms with E-state index in [1.807, 2.05) is 0 Å². The first-order valence-corrected chi connectivity index (χ1v) is 6.13. The highest BCUT2D eigenvalue weighted by atomic mass is 35.5. The topological polar surface area (TPSA) is 59.2 Å². The number of nitrogen functional groups attached to an aromatic ring is 1. The molecule has 0 bridgehead atoms. The van der Waals surface area contributed by atoms with E-state index in [0.717, 1.165) is 6.08 Å². The third-order valence-electron chi connectivity index (χ3n) is 2.99. The average Bonchev–Trinajstić information content (AvgIpc) is 2.40. The highest BCUT2D eigenvalue weighted by Crippen LogP contribution is 2.30. The molecule has 4 nitrogen and oxygen atoms in total. The maximum absolute atomic E-state index is 12.5. The monoisotopic (exact) mass is 305 g/mol. The number of amides is 1. The first kappa shape index (κ1) is 14.6. The molecule has 1 aliphatic rings. The number of hydrogen-bond acceptors (Lipinski definition) is 3. The fourth-order valence-corrected chi connectivity index (χ4v) is 2.06. The lowest BCUT2D eigenvalue weighted by Gasteiger charge is -2.27. The van der Waals surface area contributed by atoms with Gasteiger partial charge in [-0.15, -0.1) is 0 Å². The third kappa shape index (κ3) is 3.04. The van der Waals surface area contributed by atoms with Crippen LogP contribution in [0.15, 0.2) is 23.9 Å². The summed E-state index contributed by atoms with van der Waals surface area (Å²) in [5.41, 5.74) is 5.31. The van der Waals surface area contributed by atoms with Crippen molar-refractivity contribution in [2.75, 3.05) is 18.8 Å². The van der Waals surface area contributed by atoms with E-state index >= 15 is 0 Å².